The molecule has 0 saturated heterocycles. The van der Waals surface area contributed by atoms with Gasteiger partial charge in [0.1, 0.15) is 18.1 Å². The summed E-state index contributed by atoms with van der Waals surface area (Å²) in [6, 6.07) is 7.38. The summed E-state index contributed by atoms with van der Waals surface area (Å²) in [6.45, 7) is 3.63. The lowest BCUT2D eigenvalue weighted by molar-refractivity contribution is 0.297. The zero-order valence-electron chi connectivity index (χ0n) is 11.3. The monoisotopic (exact) mass is 310 g/mol. The van der Waals surface area contributed by atoms with Crippen LogP contribution in [0.5, 0.6) is 5.75 Å². The minimum atomic E-state index is 0.426. The number of hydrogen-bond acceptors (Lipinski definition) is 2. The summed E-state index contributed by atoms with van der Waals surface area (Å²) in [6.07, 6.45) is 2.16. The van der Waals surface area contributed by atoms with Crippen molar-refractivity contribution in [3.8, 4) is 5.75 Å². The maximum atomic E-state index is 6.19. The van der Waals surface area contributed by atoms with Crippen molar-refractivity contribution in [3.05, 3.63) is 46.0 Å². The first-order chi connectivity index (χ1) is 9.63. The predicted octanol–water partition coefficient (Wildman–Crippen LogP) is 4.35. The number of rotatable bonds is 3. The Kier molecular flexibility index (Phi) is 3.90. The van der Waals surface area contributed by atoms with E-state index >= 15 is 0 Å². The van der Waals surface area contributed by atoms with Gasteiger partial charge in [0.2, 0.25) is 5.28 Å². The minimum absolute atomic E-state index is 0.426. The number of hydrogen-bond donors (Lipinski definition) is 0. The van der Waals surface area contributed by atoms with E-state index in [0.29, 0.717) is 22.8 Å². The second kappa shape index (κ2) is 5.66. The molecule has 0 aliphatic carbocycles. The molecule has 1 aromatic carbocycles. The second-order valence-corrected chi connectivity index (χ2v) is 6.04. The molecule has 1 aliphatic rings. The Bertz CT molecular complexity index is 624. The molecule has 2 heterocycles. The molecule has 1 aliphatic heterocycles. The number of aromatic nitrogens is 2. The van der Waals surface area contributed by atoms with Crippen LogP contribution in [0.2, 0.25) is 10.3 Å². The van der Waals surface area contributed by atoms with Gasteiger partial charge in [-0.15, -0.1) is 0 Å². The van der Waals surface area contributed by atoms with E-state index in [1.807, 2.05) is 18.2 Å². The zero-order valence-corrected chi connectivity index (χ0v) is 12.8. The van der Waals surface area contributed by atoms with Gasteiger partial charge >= 0.3 is 0 Å². The van der Waals surface area contributed by atoms with Crippen molar-refractivity contribution in [3.63, 3.8) is 0 Å². The number of halogens is 2. The Hall–Kier alpha value is -1.19. The van der Waals surface area contributed by atoms with Crippen LogP contribution in [0.3, 0.4) is 0 Å². The van der Waals surface area contributed by atoms with Gasteiger partial charge in [-0.25, -0.2) is 4.98 Å². The van der Waals surface area contributed by atoms with E-state index in [2.05, 4.69) is 16.5 Å². The summed E-state index contributed by atoms with van der Waals surface area (Å²) in [5.41, 5.74) is 2.14. The third-order valence-corrected chi connectivity index (χ3v) is 4.19. The molecule has 3 rings (SSSR count). The van der Waals surface area contributed by atoms with Crippen molar-refractivity contribution in [1.82, 2.24) is 9.55 Å². The van der Waals surface area contributed by atoms with Crippen molar-refractivity contribution in [1.29, 1.82) is 0 Å². The molecule has 0 spiro atoms. The Morgan fingerprint density at radius 2 is 2.25 bits per heavy atom. The quantitative estimate of drug-likeness (QED) is 0.842. The number of fused-ring (bicyclic) bond motifs is 1. The highest BCUT2D eigenvalue weighted by Crippen LogP contribution is 2.28. The molecule has 0 N–H and O–H groups in total. The van der Waals surface area contributed by atoms with E-state index in [0.717, 1.165) is 30.8 Å². The Morgan fingerprint density at radius 3 is 3.05 bits per heavy atom. The first-order valence-electron chi connectivity index (χ1n) is 6.75. The summed E-state index contributed by atoms with van der Waals surface area (Å²) in [5, 5.41) is 1.23. The van der Waals surface area contributed by atoms with Gasteiger partial charge in [0.25, 0.3) is 0 Å². The van der Waals surface area contributed by atoms with Gasteiger partial charge in [-0.2, -0.15) is 0 Å². The van der Waals surface area contributed by atoms with Crippen LogP contribution in [0.15, 0.2) is 24.3 Å². The smallest absolute Gasteiger partial charge is 0.203 e. The summed E-state index contributed by atoms with van der Waals surface area (Å²) < 4.78 is 7.86. The first kappa shape index (κ1) is 13.8. The van der Waals surface area contributed by atoms with Crippen molar-refractivity contribution in [2.75, 3.05) is 0 Å². The highest BCUT2D eigenvalue weighted by Gasteiger charge is 2.22. The maximum absolute atomic E-state index is 6.19. The summed E-state index contributed by atoms with van der Waals surface area (Å²) in [4.78, 5) is 4.43. The van der Waals surface area contributed by atoms with E-state index in [1.54, 1.807) is 6.07 Å². The topological polar surface area (TPSA) is 27.1 Å². The summed E-state index contributed by atoms with van der Waals surface area (Å²) in [7, 11) is 0. The summed E-state index contributed by atoms with van der Waals surface area (Å²) >= 11 is 12.1. The molecule has 1 aromatic heterocycles. The highest BCUT2D eigenvalue weighted by atomic mass is 35.5. The molecule has 0 radical (unpaired) electrons. The molecule has 0 bridgehead atoms. The molecular formula is C15H16Cl2N2O. The SMILES string of the molecule is CC1CCn2c(Cl)nc(COc3cccc(Cl)c3)c2C1. The fourth-order valence-electron chi connectivity index (χ4n) is 2.56. The Labute approximate surface area is 128 Å². The van der Waals surface area contributed by atoms with Crippen molar-refractivity contribution in [2.45, 2.75) is 32.9 Å². The molecule has 20 heavy (non-hydrogen) atoms. The predicted molar refractivity (Wildman–Crippen MR) is 80.5 cm³/mol. The van der Waals surface area contributed by atoms with Crippen LogP contribution < -0.4 is 4.74 Å². The van der Waals surface area contributed by atoms with E-state index < -0.39 is 0 Å². The van der Waals surface area contributed by atoms with E-state index in [1.165, 1.54) is 5.69 Å². The molecule has 2 aromatic rings. The third-order valence-electron chi connectivity index (χ3n) is 3.67. The average molecular weight is 311 g/mol. The molecule has 1 atom stereocenters. The number of ether oxygens (including phenoxy) is 1. The van der Waals surface area contributed by atoms with Gasteiger partial charge in [-0.05, 0) is 48.6 Å². The lowest BCUT2D eigenvalue weighted by Crippen LogP contribution is -2.18. The van der Waals surface area contributed by atoms with Crippen LogP contribution in [-0.4, -0.2) is 9.55 Å². The molecule has 0 fully saturated rings. The Balaban J connectivity index is 1.78. The van der Waals surface area contributed by atoms with Crippen LogP contribution in [0, 0.1) is 5.92 Å². The van der Waals surface area contributed by atoms with Gasteiger partial charge in [0.15, 0.2) is 0 Å². The zero-order chi connectivity index (χ0) is 14.1. The number of benzene rings is 1. The van der Waals surface area contributed by atoms with Gasteiger partial charge in [-0.1, -0.05) is 24.6 Å². The van der Waals surface area contributed by atoms with Crippen molar-refractivity contribution < 1.29 is 4.74 Å². The van der Waals surface area contributed by atoms with Crippen molar-refractivity contribution >= 4 is 23.2 Å². The lowest BCUT2D eigenvalue weighted by atomic mass is 9.97. The fraction of sp³-hybridized carbons (Fsp3) is 0.400. The van der Waals surface area contributed by atoms with Crippen molar-refractivity contribution in [2.24, 2.45) is 5.92 Å². The maximum Gasteiger partial charge on any atom is 0.203 e. The van der Waals surface area contributed by atoms with Gasteiger partial charge in [-0.3, -0.25) is 0 Å². The molecular weight excluding hydrogens is 295 g/mol. The van der Waals surface area contributed by atoms with Gasteiger partial charge in [0.05, 0.1) is 0 Å². The summed E-state index contributed by atoms with van der Waals surface area (Å²) in [5.74, 6) is 1.42. The van der Waals surface area contributed by atoms with Crippen LogP contribution in [0.25, 0.3) is 0 Å². The van der Waals surface area contributed by atoms with E-state index in [-0.39, 0.29) is 0 Å². The molecule has 3 nitrogen and oxygen atoms in total. The average Bonchev–Trinajstić information content (AvgIpc) is 2.73. The molecule has 106 valence electrons. The highest BCUT2D eigenvalue weighted by molar-refractivity contribution is 6.30. The van der Waals surface area contributed by atoms with Crippen LogP contribution >= 0.6 is 23.2 Å². The van der Waals surface area contributed by atoms with Crippen LogP contribution in [0.1, 0.15) is 24.7 Å². The normalized spacial score (nSPS) is 17.9. The molecule has 0 amide bonds. The number of imidazole rings is 1. The Morgan fingerprint density at radius 1 is 1.40 bits per heavy atom. The standard InChI is InChI=1S/C15H16Cl2N2O/c1-10-5-6-19-14(7-10)13(18-15(19)17)9-20-12-4-2-3-11(16)8-12/h2-4,8,10H,5-7,9H2,1H3. The van der Waals surface area contributed by atoms with E-state index in [4.69, 9.17) is 27.9 Å². The molecule has 1 unspecified atom stereocenters. The molecule has 0 saturated carbocycles. The third kappa shape index (κ3) is 2.79. The first-order valence-corrected chi connectivity index (χ1v) is 7.51. The van der Waals surface area contributed by atoms with E-state index in [9.17, 15) is 0 Å². The van der Waals surface area contributed by atoms with Gasteiger partial charge in [0, 0.05) is 17.3 Å². The van der Waals surface area contributed by atoms with Gasteiger partial charge < -0.3 is 9.30 Å². The number of nitrogens with zero attached hydrogens (tertiary/aromatic N) is 2. The van der Waals surface area contributed by atoms with Crippen LogP contribution in [-0.2, 0) is 19.6 Å². The largest absolute Gasteiger partial charge is 0.487 e. The fourth-order valence-corrected chi connectivity index (χ4v) is 3.03. The second-order valence-electron chi connectivity index (χ2n) is 5.27. The lowest BCUT2D eigenvalue weighted by Gasteiger charge is -2.21. The molecule has 5 heteroatoms. The minimum Gasteiger partial charge on any atom is -0.487 e. The van der Waals surface area contributed by atoms with Crippen LogP contribution in [0.4, 0.5) is 0 Å².